The van der Waals surface area contributed by atoms with Crippen LogP contribution in [0.5, 0.6) is 5.75 Å². The van der Waals surface area contributed by atoms with Gasteiger partial charge in [-0.05, 0) is 17.7 Å². The maximum atomic E-state index is 11.7. The number of hydrogen-bond acceptors (Lipinski definition) is 3. The largest absolute Gasteiger partial charge is 0.495 e. The van der Waals surface area contributed by atoms with Crippen molar-refractivity contribution in [3.05, 3.63) is 29.3 Å². The molecule has 1 rings (SSSR count). The molecule has 0 spiro atoms. The molecule has 0 saturated heterocycles. The van der Waals surface area contributed by atoms with Crippen molar-refractivity contribution in [1.29, 1.82) is 5.26 Å². The van der Waals surface area contributed by atoms with E-state index in [4.69, 9.17) is 10.00 Å². The van der Waals surface area contributed by atoms with Crippen molar-refractivity contribution in [2.24, 2.45) is 0 Å². The van der Waals surface area contributed by atoms with E-state index in [0.717, 1.165) is 5.56 Å². The van der Waals surface area contributed by atoms with Crippen LogP contribution in [0.4, 0.5) is 0 Å². The highest BCUT2D eigenvalue weighted by atomic mass is 32.2. The van der Waals surface area contributed by atoms with E-state index >= 15 is 0 Å². The Morgan fingerprint density at radius 1 is 1.50 bits per heavy atom. The summed E-state index contributed by atoms with van der Waals surface area (Å²) in [6.45, 7) is 3.86. The lowest BCUT2D eigenvalue weighted by molar-refractivity contribution is 0.413. The summed E-state index contributed by atoms with van der Waals surface area (Å²) in [7, 11) is 0.647. The standard InChI is InChI=1S/C12H15NO2S/c1-9(2)16(14)8-10-4-5-11(7-13)12(6-10)15-3/h4-6,9H,8H2,1-3H3. The van der Waals surface area contributed by atoms with Gasteiger partial charge in [0, 0.05) is 21.8 Å². The molecule has 1 atom stereocenters. The van der Waals surface area contributed by atoms with Gasteiger partial charge in [-0.15, -0.1) is 0 Å². The Morgan fingerprint density at radius 2 is 2.19 bits per heavy atom. The first kappa shape index (κ1) is 12.7. The van der Waals surface area contributed by atoms with Gasteiger partial charge in [-0.25, -0.2) is 0 Å². The molecule has 0 aliphatic heterocycles. The summed E-state index contributed by atoms with van der Waals surface area (Å²) in [5.41, 5.74) is 1.43. The molecule has 4 heteroatoms. The molecular weight excluding hydrogens is 222 g/mol. The molecule has 0 saturated carbocycles. The molecular formula is C12H15NO2S. The van der Waals surface area contributed by atoms with E-state index in [1.807, 2.05) is 26.0 Å². The van der Waals surface area contributed by atoms with Crippen LogP contribution in [-0.4, -0.2) is 16.6 Å². The Hall–Kier alpha value is -1.34. The highest BCUT2D eigenvalue weighted by Crippen LogP contribution is 2.20. The number of benzene rings is 1. The maximum absolute atomic E-state index is 11.7. The summed E-state index contributed by atoms with van der Waals surface area (Å²) in [5, 5.41) is 8.96. The predicted molar refractivity (Wildman–Crippen MR) is 64.7 cm³/mol. The Morgan fingerprint density at radius 3 is 2.69 bits per heavy atom. The average molecular weight is 237 g/mol. The summed E-state index contributed by atoms with van der Waals surface area (Å²) in [4.78, 5) is 0. The number of methoxy groups -OCH3 is 1. The van der Waals surface area contributed by atoms with Crippen LogP contribution in [0.2, 0.25) is 0 Å². The molecule has 0 aromatic heterocycles. The smallest absolute Gasteiger partial charge is 0.136 e. The minimum absolute atomic E-state index is 0.140. The highest BCUT2D eigenvalue weighted by molar-refractivity contribution is 7.84. The van der Waals surface area contributed by atoms with Crippen LogP contribution in [0.1, 0.15) is 25.0 Å². The Bertz CT molecular complexity index is 435. The number of nitriles is 1. The maximum Gasteiger partial charge on any atom is 0.136 e. The minimum Gasteiger partial charge on any atom is -0.495 e. The Kier molecular flexibility index (Phi) is 4.51. The zero-order chi connectivity index (χ0) is 12.1. The fraction of sp³-hybridized carbons (Fsp3) is 0.417. The Labute approximate surface area is 98.5 Å². The number of ether oxygens (including phenoxy) is 1. The van der Waals surface area contributed by atoms with Crippen molar-refractivity contribution in [2.75, 3.05) is 7.11 Å². The summed E-state index contributed by atoms with van der Waals surface area (Å²) in [6.07, 6.45) is 0. The van der Waals surface area contributed by atoms with Gasteiger partial charge in [-0.1, -0.05) is 19.9 Å². The predicted octanol–water partition coefficient (Wildman–Crippen LogP) is 2.22. The zero-order valence-electron chi connectivity index (χ0n) is 9.69. The van der Waals surface area contributed by atoms with E-state index in [-0.39, 0.29) is 5.25 Å². The van der Waals surface area contributed by atoms with E-state index in [1.54, 1.807) is 12.1 Å². The first-order chi connectivity index (χ1) is 7.58. The Balaban J connectivity index is 2.92. The molecule has 0 fully saturated rings. The summed E-state index contributed by atoms with van der Waals surface area (Å²) in [5.74, 6) is 1.04. The highest BCUT2D eigenvalue weighted by Gasteiger charge is 2.09. The minimum atomic E-state index is -0.880. The molecule has 0 amide bonds. The molecule has 1 unspecified atom stereocenters. The first-order valence-electron chi connectivity index (χ1n) is 5.02. The van der Waals surface area contributed by atoms with Gasteiger partial charge >= 0.3 is 0 Å². The first-order valence-corrected chi connectivity index (χ1v) is 6.41. The van der Waals surface area contributed by atoms with Crippen LogP contribution in [-0.2, 0) is 16.6 Å². The van der Waals surface area contributed by atoms with Crippen molar-refractivity contribution in [1.82, 2.24) is 0 Å². The lowest BCUT2D eigenvalue weighted by Crippen LogP contribution is -2.08. The third-order valence-corrected chi connectivity index (χ3v) is 3.89. The molecule has 1 aromatic carbocycles. The van der Waals surface area contributed by atoms with Gasteiger partial charge in [0.15, 0.2) is 0 Å². The van der Waals surface area contributed by atoms with Crippen LogP contribution >= 0.6 is 0 Å². The molecule has 3 nitrogen and oxygen atoms in total. The molecule has 1 aromatic rings. The molecule has 0 bridgehead atoms. The van der Waals surface area contributed by atoms with Crippen molar-refractivity contribution in [2.45, 2.75) is 24.9 Å². The second-order valence-corrected chi connectivity index (χ2v) is 5.71. The van der Waals surface area contributed by atoms with Crippen molar-refractivity contribution < 1.29 is 8.95 Å². The molecule has 0 N–H and O–H groups in total. The van der Waals surface area contributed by atoms with Crippen LogP contribution < -0.4 is 4.74 Å². The van der Waals surface area contributed by atoms with Gasteiger partial charge in [-0.2, -0.15) is 5.26 Å². The SMILES string of the molecule is COc1cc(CS(=O)C(C)C)ccc1C#N. The number of hydrogen-bond donors (Lipinski definition) is 0. The fourth-order valence-corrected chi connectivity index (χ4v) is 2.09. The molecule has 16 heavy (non-hydrogen) atoms. The van der Waals surface area contributed by atoms with Crippen molar-refractivity contribution in [3.8, 4) is 11.8 Å². The number of rotatable bonds is 4. The van der Waals surface area contributed by atoms with Gasteiger partial charge in [0.05, 0.1) is 12.7 Å². The topological polar surface area (TPSA) is 50.1 Å². The van der Waals surface area contributed by atoms with Crippen molar-refractivity contribution in [3.63, 3.8) is 0 Å². The van der Waals surface area contributed by atoms with E-state index in [2.05, 4.69) is 0 Å². The molecule has 0 radical (unpaired) electrons. The molecule has 0 aliphatic carbocycles. The third kappa shape index (κ3) is 3.07. The second-order valence-electron chi connectivity index (χ2n) is 3.72. The van der Waals surface area contributed by atoms with Gasteiger partial charge < -0.3 is 4.74 Å². The van der Waals surface area contributed by atoms with E-state index in [9.17, 15) is 4.21 Å². The van der Waals surface area contributed by atoms with E-state index < -0.39 is 10.8 Å². The fourth-order valence-electron chi connectivity index (χ4n) is 1.25. The van der Waals surface area contributed by atoms with Crippen LogP contribution in [0, 0.1) is 11.3 Å². The quantitative estimate of drug-likeness (QED) is 0.806. The normalized spacial score (nSPS) is 12.2. The van der Waals surface area contributed by atoms with Crippen LogP contribution in [0.3, 0.4) is 0 Å². The van der Waals surface area contributed by atoms with Crippen molar-refractivity contribution >= 4 is 10.8 Å². The second kappa shape index (κ2) is 5.66. The third-order valence-electron chi connectivity index (χ3n) is 2.22. The van der Waals surface area contributed by atoms with Gasteiger partial charge in [0.25, 0.3) is 0 Å². The monoisotopic (exact) mass is 237 g/mol. The lowest BCUT2D eigenvalue weighted by Gasteiger charge is -2.08. The van der Waals surface area contributed by atoms with E-state index in [1.165, 1.54) is 7.11 Å². The average Bonchev–Trinajstić information content (AvgIpc) is 2.28. The molecule has 0 heterocycles. The van der Waals surface area contributed by atoms with Crippen LogP contribution in [0.15, 0.2) is 18.2 Å². The summed E-state index contributed by atoms with van der Waals surface area (Å²) in [6, 6.07) is 7.35. The van der Waals surface area contributed by atoms with Gasteiger partial charge in [0.1, 0.15) is 11.8 Å². The van der Waals surface area contributed by atoms with E-state index in [0.29, 0.717) is 17.1 Å². The lowest BCUT2D eigenvalue weighted by atomic mass is 10.1. The summed E-state index contributed by atoms with van der Waals surface area (Å²) < 4.78 is 16.8. The summed E-state index contributed by atoms with van der Waals surface area (Å²) >= 11 is 0. The number of nitrogens with zero attached hydrogens (tertiary/aromatic N) is 1. The van der Waals surface area contributed by atoms with Gasteiger partial charge in [0.2, 0.25) is 0 Å². The molecule has 86 valence electrons. The zero-order valence-corrected chi connectivity index (χ0v) is 10.5. The van der Waals surface area contributed by atoms with Gasteiger partial charge in [-0.3, -0.25) is 4.21 Å². The molecule has 0 aliphatic rings. The van der Waals surface area contributed by atoms with Crippen LogP contribution in [0.25, 0.3) is 0 Å².